The molecular formula is C15H13N3O. The van der Waals surface area contributed by atoms with Crippen LogP contribution in [-0.2, 0) is 0 Å². The van der Waals surface area contributed by atoms with Crippen molar-refractivity contribution in [1.82, 2.24) is 9.97 Å². The molecule has 0 saturated heterocycles. The van der Waals surface area contributed by atoms with Crippen LogP contribution < -0.4 is 5.32 Å². The number of benzene rings is 1. The van der Waals surface area contributed by atoms with Gasteiger partial charge in [0.25, 0.3) is 5.91 Å². The molecule has 3 aromatic rings. The van der Waals surface area contributed by atoms with Gasteiger partial charge in [-0.2, -0.15) is 0 Å². The van der Waals surface area contributed by atoms with Crippen LogP contribution in [0.3, 0.4) is 0 Å². The van der Waals surface area contributed by atoms with Gasteiger partial charge in [0.15, 0.2) is 0 Å². The largest absolute Gasteiger partial charge is 0.359 e. The van der Waals surface area contributed by atoms with Gasteiger partial charge in [-0.15, -0.1) is 0 Å². The first-order chi connectivity index (χ1) is 9.24. The molecule has 0 unspecified atom stereocenters. The maximum atomic E-state index is 12.1. The van der Waals surface area contributed by atoms with Crippen LogP contribution in [0.15, 0.2) is 48.8 Å². The van der Waals surface area contributed by atoms with Crippen molar-refractivity contribution in [3.63, 3.8) is 0 Å². The summed E-state index contributed by atoms with van der Waals surface area (Å²) >= 11 is 0. The van der Waals surface area contributed by atoms with Gasteiger partial charge < -0.3 is 10.3 Å². The zero-order valence-electron chi connectivity index (χ0n) is 10.5. The predicted molar refractivity (Wildman–Crippen MR) is 75.2 cm³/mol. The number of amides is 1. The number of nitrogens with zero attached hydrogens (tertiary/aromatic N) is 1. The van der Waals surface area contributed by atoms with E-state index in [2.05, 4.69) is 15.3 Å². The van der Waals surface area contributed by atoms with Gasteiger partial charge in [0.1, 0.15) is 0 Å². The van der Waals surface area contributed by atoms with E-state index in [-0.39, 0.29) is 5.91 Å². The van der Waals surface area contributed by atoms with E-state index in [1.165, 1.54) is 0 Å². The highest BCUT2D eigenvalue weighted by Gasteiger charge is 2.09. The van der Waals surface area contributed by atoms with Crippen molar-refractivity contribution < 1.29 is 4.79 Å². The lowest BCUT2D eigenvalue weighted by molar-refractivity contribution is 0.102. The molecule has 0 bridgehead atoms. The number of nitrogens with one attached hydrogen (secondary N) is 2. The Kier molecular flexibility index (Phi) is 2.76. The Morgan fingerprint density at radius 2 is 2.05 bits per heavy atom. The first-order valence-electron chi connectivity index (χ1n) is 6.04. The van der Waals surface area contributed by atoms with E-state index in [4.69, 9.17) is 0 Å². The number of rotatable bonds is 2. The topological polar surface area (TPSA) is 57.8 Å². The van der Waals surface area contributed by atoms with Crippen LogP contribution in [0.4, 0.5) is 5.69 Å². The number of anilines is 1. The summed E-state index contributed by atoms with van der Waals surface area (Å²) in [6.07, 6.45) is 3.38. The smallest absolute Gasteiger partial charge is 0.257 e. The van der Waals surface area contributed by atoms with Crippen molar-refractivity contribution in [3.05, 3.63) is 60.0 Å². The number of carbonyl (C=O) groups is 1. The summed E-state index contributed by atoms with van der Waals surface area (Å²) in [6.45, 7) is 1.89. The van der Waals surface area contributed by atoms with Gasteiger partial charge in [-0.25, -0.2) is 0 Å². The summed E-state index contributed by atoms with van der Waals surface area (Å²) < 4.78 is 0. The zero-order chi connectivity index (χ0) is 13.2. The normalized spacial score (nSPS) is 10.6. The fourth-order valence-electron chi connectivity index (χ4n) is 1.97. The molecule has 0 aliphatic rings. The number of aromatic amines is 1. The number of H-pyrrole nitrogens is 1. The molecule has 94 valence electrons. The van der Waals surface area contributed by atoms with E-state index in [1.54, 1.807) is 18.5 Å². The Morgan fingerprint density at radius 3 is 2.84 bits per heavy atom. The fraction of sp³-hybridized carbons (Fsp3) is 0.0667. The molecule has 4 nitrogen and oxygen atoms in total. The number of pyridine rings is 1. The van der Waals surface area contributed by atoms with Crippen molar-refractivity contribution in [1.29, 1.82) is 0 Å². The summed E-state index contributed by atoms with van der Waals surface area (Å²) in [5.74, 6) is -0.155. The van der Waals surface area contributed by atoms with E-state index in [0.717, 1.165) is 22.3 Å². The third-order valence-electron chi connectivity index (χ3n) is 3.01. The van der Waals surface area contributed by atoms with E-state index in [9.17, 15) is 4.79 Å². The average molecular weight is 251 g/mol. The van der Waals surface area contributed by atoms with Crippen molar-refractivity contribution in [2.75, 3.05) is 5.32 Å². The van der Waals surface area contributed by atoms with Crippen LogP contribution in [0.2, 0.25) is 0 Å². The molecule has 0 aliphatic heterocycles. The first kappa shape index (κ1) is 11.5. The third kappa shape index (κ3) is 2.20. The Morgan fingerprint density at radius 1 is 1.21 bits per heavy atom. The highest BCUT2D eigenvalue weighted by Crippen LogP contribution is 2.22. The molecule has 0 saturated carbocycles. The molecular weight excluding hydrogens is 238 g/mol. The van der Waals surface area contributed by atoms with Crippen LogP contribution in [0, 0.1) is 6.92 Å². The van der Waals surface area contributed by atoms with Crippen LogP contribution in [0.1, 0.15) is 16.1 Å². The lowest BCUT2D eigenvalue weighted by atomic mass is 10.2. The van der Waals surface area contributed by atoms with Gasteiger partial charge in [-0.3, -0.25) is 9.78 Å². The molecule has 0 spiro atoms. The maximum absolute atomic E-state index is 12.1. The molecule has 4 heteroatoms. The fourth-order valence-corrected chi connectivity index (χ4v) is 1.97. The molecule has 2 aromatic heterocycles. The molecule has 1 amide bonds. The van der Waals surface area contributed by atoms with E-state index in [1.807, 2.05) is 37.3 Å². The van der Waals surface area contributed by atoms with Crippen LogP contribution in [-0.4, -0.2) is 15.9 Å². The first-order valence-corrected chi connectivity index (χ1v) is 6.04. The molecule has 0 radical (unpaired) electrons. The minimum absolute atomic E-state index is 0.155. The second-order valence-corrected chi connectivity index (χ2v) is 4.39. The van der Waals surface area contributed by atoms with Gasteiger partial charge in [0.05, 0.1) is 11.3 Å². The standard InChI is InChI=1S/C15H13N3O/c1-10-6-7-11(8-16-10)15(19)18-14-9-17-13-5-3-2-4-12(13)14/h2-9,17H,1H3,(H,18,19). The number of para-hydroxylation sites is 1. The Bertz CT molecular complexity index is 728. The predicted octanol–water partition coefficient (Wildman–Crippen LogP) is 3.12. The molecule has 2 N–H and O–H groups in total. The number of fused-ring (bicyclic) bond motifs is 1. The monoisotopic (exact) mass is 251 g/mol. The summed E-state index contributed by atoms with van der Waals surface area (Å²) in [6, 6.07) is 11.4. The van der Waals surface area contributed by atoms with Gasteiger partial charge >= 0.3 is 0 Å². The van der Waals surface area contributed by atoms with E-state index in [0.29, 0.717) is 5.56 Å². The van der Waals surface area contributed by atoms with E-state index >= 15 is 0 Å². The third-order valence-corrected chi connectivity index (χ3v) is 3.01. The lowest BCUT2D eigenvalue weighted by Crippen LogP contribution is -2.11. The average Bonchev–Trinajstić information content (AvgIpc) is 2.83. The van der Waals surface area contributed by atoms with Crippen LogP contribution >= 0.6 is 0 Å². The van der Waals surface area contributed by atoms with Gasteiger partial charge in [0, 0.05) is 29.0 Å². The summed E-state index contributed by atoms with van der Waals surface area (Å²) in [5.41, 5.74) is 3.22. The molecule has 3 rings (SSSR count). The zero-order valence-corrected chi connectivity index (χ0v) is 10.5. The molecule has 0 fully saturated rings. The van der Waals surface area contributed by atoms with Gasteiger partial charge in [0.2, 0.25) is 0 Å². The summed E-state index contributed by atoms with van der Waals surface area (Å²) in [5, 5.41) is 3.89. The van der Waals surface area contributed by atoms with Crippen molar-refractivity contribution in [3.8, 4) is 0 Å². The molecule has 0 atom stereocenters. The minimum Gasteiger partial charge on any atom is -0.359 e. The quantitative estimate of drug-likeness (QED) is 0.735. The molecule has 0 aliphatic carbocycles. The number of carbonyl (C=O) groups excluding carboxylic acids is 1. The highest BCUT2D eigenvalue weighted by atomic mass is 16.1. The number of hydrogen-bond donors (Lipinski definition) is 2. The van der Waals surface area contributed by atoms with Crippen molar-refractivity contribution in [2.24, 2.45) is 0 Å². The number of aromatic nitrogens is 2. The second kappa shape index (κ2) is 4.57. The molecule has 2 heterocycles. The van der Waals surface area contributed by atoms with Crippen molar-refractivity contribution in [2.45, 2.75) is 6.92 Å². The molecule has 19 heavy (non-hydrogen) atoms. The van der Waals surface area contributed by atoms with E-state index < -0.39 is 0 Å². The molecule has 1 aromatic carbocycles. The second-order valence-electron chi connectivity index (χ2n) is 4.39. The summed E-state index contributed by atoms with van der Waals surface area (Å²) in [7, 11) is 0. The van der Waals surface area contributed by atoms with Crippen molar-refractivity contribution >= 4 is 22.5 Å². The lowest BCUT2D eigenvalue weighted by Gasteiger charge is -2.03. The van der Waals surface area contributed by atoms with Crippen LogP contribution in [0.25, 0.3) is 10.9 Å². The summed E-state index contributed by atoms with van der Waals surface area (Å²) in [4.78, 5) is 19.3. The SMILES string of the molecule is Cc1ccc(C(=O)Nc2c[nH]c3ccccc23)cn1. The van der Waals surface area contributed by atoms with Gasteiger partial charge in [-0.1, -0.05) is 18.2 Å². The minimum atomic E-state index is -0.155. The number of hydrogen-bond acceptors (Lipinski definition) is 2. The Labute approximate surface area is 110 Å². The maximum Gasteiger partial charge on any atom is 0.257 e. The Balaban J connectivity index is 1.89. The Hall–Kier alpha value is -2.62. The number of aryl methyl sites for hydroxylation is 1. The van der Waals surface area contributed by atoms with Gasteiger partial charge in [-0.05, 0) is 25.1 Å². The highest BCUT2D eigenvalue weighted by molar-refractivity contribution is 6.08. The van der Waals surface area contributed by atoms with Crippen LogP contribution in [0.5, 0.6) is 0 Å².